The van der Waals surface area contributed by atoms with Gasteiger partial charge in [0.15, 0.2) is 0 Å². The second kappa shape index (κ2) is 8.78. The largest absolute Gasteiger partial charge is 0.354 e. The van der Waals surface area contributed by atoms with E-state index >= 15 is 0 Å². The normalized spacial score (nSPS) is 14.1. The summed E-state index contributed by atoms with van der Waals surface area (Å²) in [6.07, 6.45) is 0. The van der Waals surface area contributed by atoms with Crippen molar-refractivity contribution in [3.63, 3.8) is 0 Å². The van der Waals surface area contributed by atoms with Crippen LogP contribution in [0.4, 0.5) is 11.4 Å². The third-order valence-electron chi connectivity index (χ3n) is 7.92. The summed E-state index contributed by atoms with van der Waals surface area (Å²) in [7, 11) is 0. The third-order valence-corrected chi connectivity index (χ3v) is 7.92. The van der Waals surface area contributed by atoms with Gasteiger partial charge in [-0.2, -0.15) is 0 Å². The summed E-state index contributed by atoms with van der Waals surface area (Å²) in [6.45, 7) is 6.56. The molecule has 0 bridgehead atoms. The van der Waals surface area contributed by atoms with E-state index in [1.807, 2.05) is 0 Å². The quantitative estimate of drug-likeness (QED) is 0.261. The standard InChI is InChI=1S/C36H30N2/c1-23-14-18-28(19-15-23)38-31-21-17-25(3)35-33(31)34(36(38)27-12-8-5-9-13-27)32(26-10-6-4-7-11-26)29-22-24(2)16-20-30(29)37-35/h4-22,32,37H,1-3H3. The van der Waals surface area contributed by atoms with Crippen LogP contribution in [0.3, 0.4) is 0 Å². The Kier molecular flexibility index (Phi) is 5.23. The first-order chi connectivity index (χ1) is 18.6. The molecule has 0 radical (unpaired) electrons. The number of benzene rings is 5. The first-order valence-corrected chi connectivity index (χ1v) is 13.3. The van der Waals surface area contributed by atoms with Gasteiger partial charge in [0.1, 0.15) is 0 Å². The van der Waals surface area contributed by atoms with Crippen LogP contribution in [0.15, 0.2) is 115 Å². The Morgan fingerprint density at radius 2 is 1.34 bits per heavy atom. The zero-order valence-corrected chi connectivity index (χ0v) is 22.0. The van der Waals surface area contributed by atoms with Crippen molar-refractivity contribution in [1.82, 2.24) is 4.57 Å². The van der Waals surface area contributed by atoms with Crippen molar-refractivity contribution in [2.75, 3.05) is 5.32 Å². The second-order valence-corrected chi connectivity index (χ2v) is 10.5. The van der Waals surface area contributed by atoms with Gasteiger partial charge in [-0.15, -0.1) is 0 Å². The number of aromatic nitrogens is 1. The van der Waals surface area contributed by atoms with Crippen LogP contribution in [0.1, 0.15) is 39.3 Å². The summed E-state index contributed by atoms with van der Waals surface area (Å²) in [5.41, 5.74) is 15.0. The molecule has 1 N–H and O–H groups in total. The molecule has 0 spiro atoms. The minimum Gasteiger partial charge on any atom is -0.354 e. The van der Waals surface area contributed by atoms with Gasteiger partial charge in [-0.1, -0.05) is 102 Å². The maximum absolute atomic E-state index is 3.90. The predicted octanol–water partition coefficient (Wildman–Crippen LogP) is 9.46. The Morgan fingerprint density at radius 3 is 2.08 bits per heavy atom. The lowest BCUT2D eigenvalue weighted by Crippen LogP contribution is -2.07. The Morgan fingerprint density at radius 1 is 0.658 bits per heavy atom. The zero-order chi connectivity index (χ0) is 25.8. The van der Waals surface area contributed by atoms with Crippen LogP contribution in [0.5, 0.6) is 0 Å². The van der Waals surface area contributed by atoms with E-state index in [4.69, 9.17) is 0 Å². The molecule has 2 heterocycles. The highest BCUT2D eigenvalue weighted by atomic mass is 15.0. The van der Waals surface area contributed by atoms with E-state index in [1.54, 1.807) is 0 Å². The van der Waals surface area contributed by atoms with Crippen molar-refractivity contribution in [3.05, 3.63) is 149 Å². The first-order valence-electron chi connectivity index (χ1n) is 13.3. The van der Waals surface area contributed by atoms with E-state index in [9.17, 15) is 0 Å². The van der Waals surface area contributed by atoms with Crippen molar-refractivity contribution < 1.29 is 0 Å². The summed E-state index contributed by atoms with van der Waals surface area (Å²) < 4.78 is 2.47. The molecule has 1 aliphatic heterocycles. The number of anilines is 2. The molecule has 1 aromatic heterocycles. The second-order valence-electron chi connectivity index (χ2n) is 10.5. The van der Waals surface area contributed by atoms with Crippen LogP contribution >= 0.6 is 0 Å². The van der Waals surface area contributed by atoms with Gasteiger partial charge in [-0.25, -0.2) is 0 Å². The van der Waals surface area contributed by atoms with Crippen LogP contribution in [0.25, 0.3) is 27.8 Å². The molecule has 2 heteroatoms. The topological polar surface area (TPSA) is 17.0 Å². The van der Waals surface area contributed by atoms with E-state index in [2.05, 4.69) is 146 Å². The molecule has 38 heavy (non-hydrogen) atoms. The molecule has 6 aromatic rings. The van der Waals surface area contributed by atoms with E-state index in [0.717, 1.165) is 0 Å². The van der Waals surface area contributed by atoms with Crippen molar-refractivity contribution in [2.45, 2.75) is 26.7 Å². The van der Waals surface area contributed by atoms with Crippen LogP contribution < -0.4 is 5.32 Å². The fourth-order valence-corrected chi connectivity index (χ4v) is 6.12. The van der Waals surface area contributed by atoms with Gasteiger partial charge in [-0.3, -0.25) is 0 Å². The Labute approximate surface area is 224 Å². The monoisotopic (exact) mass is 490 g/mol. The number of hydrogen-bond acceptors (Lipinski definition) is 1. The molecule has 184 valence electrons. The van der Waals surface area contributed by atoms with Crippen molar-refractivity contribution >= 4 is 22.3 Å². The summed E-state index contributed by atoms with van der Waals surface area (Å²) in [5.74, 6) is 0.0751. The zero-order valence-electron chi connectivity index (χ0n) is 22.0. The van der Waals surface area contributed by atoms with Crippen molar-refractivity contribution in [1.29, 1.82) is 0 Å². The summed E-state index contributed by atoms with van der Waals surface area (Å²) in [6, 6.07) is 42.2. The number of nitrogens with one attached hydrogen (secondary N) is 1. The average molecular weight is 491 g/mol. The first kappa shape index (κ1) is 22.6. The van der Waals surface area contributed by atoms with Gasteiger partial charge in [0, 0.05) is 28.2 Å². The number of aryl methyl sites for hydroxylation is 3. The van der Waals surface area contributed by atoms with Gasteiger partial charge in [-0.05, 0) is 67.3 Å². The molecule has 0 amide bonds. The Bertz CT molecular complexity index is 1790. The van der Waals surface area contributed by atoms with Crippen molar-refractivity contribution in [2.24, 2.45) is 0 Å². The third kappa shape index (κ3) is 3.48. The van der Waals surface area contributed by atoms with Gasteiger partial charge >= 0.3 is 0 Å². The van der Waals surface area contributed by atoms with Crippen LogP contribution in [-0.2, 0) is 0 Å². The molecule has 5 aromatic carbocycles. The highest BCUT2D eigenvalue weighted by Crippen LogP contribution is 2.52. The average Bonchev–Trinajstić information content (AvgIpc) is 3.20. The number of rotatable bonds is 3. The number of nitrogens with zero attached hydrogens (tertiary/aromatic N) is 1. The SMILES string of the molecule is Cc1ccc(-n2c(-c3ccccc3)c3c4c(c(C)ccc42)Nc2ccc(C)cc2C3c2ccccc2)cc1. The summed E-state index contributed by atoms with van der Waals surface area (Å²) in [5, 5.41) is 5.20. The molecule has 0 saturated heterocycles. The van der Waals surface area contributed by atoms with Crippen LogP contribution in [-0.4, -0.2) is 4.57 Å². The number of fused-ring (bicyclic) bond motifs is 1. The molecule has 0 fully saturated rings. The molecule has 1 atom stereocenters. The molecule has 0 saturated carbocycles. The van der Waals surface area contributed by atoms with Crippen LogP contribution in [0.2, 0.25) is 0 Å². The van der Waals surface area contributed by atoms with Crippen LogP contribution in [0, 0.1) is 20.8 Å². The molecule has 2 nitrogen and oxygen atoms in total. The maximum atomic E-state index is 3.90. The Hall–Kier alpha value is -4.56. The summed E-state index contributed by atoms with van der Waals surface area (Å²) >= 11 is 0. The van der Waals surface area contributed by atoms with Gasteiger partial charge in [0.25, 0.3) is 0 Å². The smallest absolute Gasteiger partial charge is 0.0583 e. The van der Waals surface area contributed by atoms with Gasteiger partial charge < -0.3 is 9.88 Å². The number of hydrogen-bond donors (Lipinski definition) is 1. The molecule has 1 unspecified atom stereocenters. The van der Waals surface area contributed by atoms with Gasteiger partial charge in [0.2, 0.25) is 0 Å². The molecular formula is C36H30N2. The van der Waals surface area contributed by atoms with Crippen molar-refractivity contribution in [3.8, 4) is 16.9 Å². The van der Waals surface area contributed by atoms with E-state index in [0.29, 0.717) is 0 Å². The van der Waals surface area contributed by atoms with E-state index in [-0.39, 0.29) is 5.92 Å². The Balaban J connectivity index is 1.71. The maximum Gasteiger partial charge on any atom is 0.0583 e. The highest BCUT2D eigenvalue weighted by Gasteiger charge is 2.33. The lowest BCUT2D eigenvalue weighted by atomic mass is 9.82. The predicted molar refractivity (Wildman–Crippen MR) is 160 cm³/mol. The lowest BCUT2D eigenvalue weighted by Gasteiger charge is -2.23. The summed E-state index contributed by atoms with van der Waals surface area (Å²) in [4.78, 5) is 0. The fraction of sp³-hybridized carbons (Fsp3) is 0.111. The molecule has 0 aliphatic carbocycles. The lowest BCUT2D eigenvalue weighted by molar-refractivity contribution is 0.981. The fourth-order valence-electron chi connectivity index (χ4n) is 6.12. The minimum atomic E-state index is 0.0751. The van der Waals surface area contributed by atoms with Gasteiger partial charge in [0.05, 0.1) is 16.9 Å². The highest BCUT2D eigenvalue weighted by molar-refractivity contribution is 6.06. The van der Waals surface area contributed by atoms with E-state index in [1.165, 1.54) is 72.6 Å². The molecular weight excluding hydrogens is 460 g/mol. The molecule has 1 aliphatic rings. The van der Waals surface area contributed by atoms with E-state index < -0.39 is 0 Å². The minimum absolute atomic E-state index is 0.0751. The molecule has 7 rings (SSSR count).